The van der Waals surface area contributed by atoms with Gasteiger partial charge in [-0.25, -0.2) is 0 Å². The number of hydrogen-bond acceptors (Lipinski definition) is 4. The standard InChI is InChI=1S/C14H20N2O2/c1-11-7-12(9-15-8-11)10-16-6-4-3-5-13(16)14(17)18-2/h7-9,13H,3-6,10H2,1-2H3/t13-/m1/s1. The van der Waals surface area contributed by atoms with E-state index in [4.69, 9.17) is 4.74 Å². The van der Waals surface area contributed by atoms with Crippen LogP contribution in [0.4, 0.5) is 0 Å². The van der Waals surface area contributed by atoms with Gasteiger partial charge >= 0.3 is 5.97 Å². The zero-order valence-corrected chi connectivity index (χ0v) is 11.1. The minimum atomic E-state index is -0.115. The van der Waals surface area contributed by atoms with Gasteiger partial charge in [0.25, 0.3) is 0 Å². The van der Waals surface area contributed by atoms with Gasteiger partial charge in [0.15, 0.2) is 0 Å². The number of hydrogen-bond donors (Lipinski definition) is 0. The molecule has 1 atom stereocenters. The minimum absolute atomic E-state index is 0.0933. The third-order valence-corrected chi connectivity index (χ3v) is 3.40. The molecular formula is C14H20N2O2. The predicted molar refractivity (Wildman–Crippen MR) is 69.0 cm³/mol. The molecule has 0 aliphatic carbocycles. The smallest absolute Gasteiger partial charge is 0.323 e. The topological polar surface area (TPSA) is 42.4 Å². The molecule has 98 valence electrons. The molecule has 0 amide bonds. The minimum Gasteiger partial charge on any atom is -0.468 e. The van der Waals surface area contributed by atoms with E-state index >= 15 is 0 Å². The highest BCUT2D eigenvalue weighted by Gasteiger charge is 2.29. The summed E-state index contributed by atoms with van der Waals surface area (Å²) in [5.74, 6) is -0.115. The van der Waals surface area contributed by atoms with Crippen LogP contribution < -0.4 is 0 Å². The molecule has 1 aliphatic heterocycles. The number of rotatable bonds is 3. The van der Waals surface area contributed by atoms with Gasteiger partial charge in [-0.05, 0) is 37.4 Å². The zero-order valence-electron chi connectivity index (χ0n) is 11.1. The summed E-state index contributed by atoms with van der Waals surface area (Å²) in [6, 6.07) is 2.03. The van der Waals surface area contributed by atoms with Gasteiger partial charge in [0.05, 0.1) is 7.11 Å². The van der Waals surface area contributed by atoms with Gasteiger partial charge in [0.1, 0.15) is 6.04 Å². The number of aromatic nitrogens is 1. The van der Waals surface area contributed by atoms with E-state index in [1.807, 2.05) is 19.3 Å². The Labute approximate surface area is 108 Å². The number of likely N-dealkylation sites (tertiary alicyclic amines) is 1. The van der Waals surface area contributed by atoms with E-state index in [1.165, 1.54) is 7.11 Å². The van der Waals surface area contributed by atoms with Crippen molar-refractivity contribution >= 4 is 5.97 Å². The van der Waals surface area contributed by atoms with Crippen LogP contribution in [0.3, 0.4) is 0 Å². The first kappa shape index (κ1) is 13.0. The second kappa shape index (κ2) is 5.96. The van der Waals surface area contributed by atoms with Crippen molar-refractivity contribution in [2.75, 3.05) is 13.7 Å². The van der Waals surface area contributed by atoms with E-state index in [-0.39, 0.29) is 12.0 Å². The number of pyridine rings is 1. The molecule has 1 saturated heterocycles. The molecule has 0 unspecified atom stereocenters. The summed E-state index contributed by atoms with van der Waals surface area (Å²) >= 11 is 0. The maximum absolute atomic E-state index is 11.8. The van der Waals surface area contributed by atoms with Crippen molar-refractivity contribution in [3.63, 3.8) is 0 Å². The van der Waals surface area contributed by atoms with Crippen molar-refractivity contribution in [3.05, 3.63) is 29.6 Å². The van der Waals surface area contributed by atoms with Crippen molar-refractivity contribution in [1.82, 2.24) is 9.88 Å². The van der Waals surface area contributed by atoms with E-state index in [0.29, 0.717) is 0 Å². The Bertz CT molecular complexity index is 420. The molecular weight excluding hydrogens is 228 g/mol. The van der Waals surface area contributed by atoms with Crippen molar-refractivity contribution in [3.8, 4) is 0 Å². The Balaban J connectivity index is 2.07. The lowest BCUT2D eigenvalue weighted by Crippen LogP contribution is -2.44. The van der Waals surface area contributed by atoms with Gasteiger partial charge in [0, 0.05) is 18.9 Å². The summed E-state index contributed by atoms with van der Waals surface area (Å²) in [4.78, 5) is 18.2. The van der Waals surface area contributed by atoms with E-state index < -0.39 is 0 Å². The molecule has 0 saturated carbocycles. The quantitative estimate of drug-likeness (QED) is 0.766. The van der Waals surface area contributed by atoms with Crippen LogP contribution in [0.15, 0.2) is 18.5 Å². The molecule has 1 aromatic heterocycles. The summed E-state index contributed by atoms with van der Waals surface area (Å²) in [7, 11) is 1.46. The largest absolute Gasteiger partial charge is 0.468 e. The summed E-state index contributed by atoms with van der Waals surface area (Å²) in [5, 5.41) is 0. The average Bonchev–Trinajstić information content (AvgIpc) is 2.38. The number of aryl methyl sites for hydroxylation is 1. The molecule has 18 heavy (non-hydrogen) atoms. The fourth-order valence-electron chi connectivity index (χ4n) is 2.52. The van der Waals surface area contributed by atoms with Crippen LogP contribution in [0, 0.1) is 6.92 Å². The van der Waals surface area contributed by atoms with Crippen LogP contribution in [0.5, 0.6) is 0 Å². The molecule has 1 aliphatic rings. The molecule has 4 nitrogen and oxygen atoms in total. The summed E-state index contributed by atoms with van der Waals surface area (Å²) < 4.78 is 4.89. The van der Waals surface area contributed by atoms with Crippen LogP contribution in [-0.2, 0) is 16.1 Å². The Hall–Kier alpha value is -1.42. The van der Waals surface area contributed by atoms with E-state index in [0.717, 1.165) is 43.5 Å². The summed E-state index contributed by atoms with van der Waals surface area (Å²) in [6.45, 7) is 3.76. The van der Waals surface area contributed by atoms with Crippen LogP contribution in [0.1, 0.15) is 30.4 Å². The number of ether oxygens (including phenoxy) is 1. The average molecular weight is 248 g/mol. The Morgan fingerprint density at radius 3 is 3.06 bits per heavy atom. The monoisotopic (exact) mass is 248 g/mol. The van der Waals surface area contributed by atoms with Gasteiger partial charge in [-0.1, -0.05) is 12.5 Å². The molecule has 0 bridgehead atoms. The highest BCUT2D eigenvalue weighted by atomic mass is 16.5. The number of methoxy groups -OCH3 is 1. The molecule has 1 aromatic rings. The third-order valence-electron chi connectivity index (χ3n) is 3.40. The normalized spacial score (nSPS) is 20.7. The molecule has 2 heterocycles. The molecule has 0 spiro atoms. The second-order valence-corrected chi connectivity index (χ2v) is 4.88. The number of carbonyl (C=O) groups excluding carboxylic acids is 1. The predicted octanol–water partition coefficient (Wildman–Crippen LogP) is 1.92. The summed E-state index contributed by atoms with van der Waals surface area (Å²) in [6.07, 6.45) is 6.86. The van der Waals surface area contributed by atoms with E-state index in [2.05, 4.69) is 16.0 Å². The highest BCUT2D eigenvalue weighted by Crippen LogP contribution is 2.20. The van der Waals surface area contributed by atoms with Crippen molar-refractivity contribution in [2.45, 2.75) is 38.8 Å². The Morgan fingerprint density at radius 2 is 2.33 bits per heavy atom. The maximum Gasteiger partial charge on any atom is 0.323 e. The van der Waals surface area contributed by atoms with Gasteiger partial charge in [-0.2, -0.15) is 0 Å². The van der Waals surface area contributed by atoms with E-state index in [9.17, 15) is 4.79 Å². The van der Waals surface area contributed by atoms with Crippen LogP contribution in [0.25, 0.3) is 0 Å². The fraction of sp³-hybridized carbons (Fsp3) is 0.571. The Kier molecular flexibility index (Phi) is 4.31. The van der Waals surface area contributed by atoms with Crippen LogP contribution in [-0.4, -0.2) is 35.5 Å². The third kappa shape index (κ3) is 3.07. The lowest BCUT2D eigenvalue weighted by atomic mass is 10.0. The highest BCUT2D eigenvalue weighted by molar-refractivity contribution is 5.75. The molecule has 4 heteroatoms. The number of nitrogens with zero attached hydrogens (tertiary/aromatic N) is 2. The first-order valence-corrected chi connectivity index (χ1v) is 6.43. The van der Waals surface area contributed by atoms with Gasteiger partial charge < -0.3 is 4.74 Å². The van der Waals surface area contributed by atoms with Crippen LogP contribution >= 0.6 is 0 Å². The van der Waals surface area contributed by atoms with E-state index in [1.54, 1.807) is 0 Å². The Morgan fingerprint density at radius 1 is 1.50 bits per heavy atom. The van der Waals surface area contributed by atoms with Gasteiger partial charge in [0.2, 0.25) is 0 Å². The lowest BCUT2D eigenvalue weighted by molar-refractivity contribution is -0.148. The first-order chi connectivity index (χ1) is 8.70. The zero-order chi connectivity index (χ0) is 13.0. The first-order valence-electron chi connectivity index (χ1n) is 6.43. The lowest BCUT2D eigenvalue weighted by Gasteiger charge is -2.33. The van der Waals surface area contributed by atoms with Gasteiger partial charge in [-0.15, -0.1) is 0 Å². The molecule has 0 N–H and O–H groups in total. The maximum atomic E-state index is 11.8. The SMILES string of the molecule is COC(=O)[C@H]1CCCCN1Cc1cncc(C)c1. The number of carbonyl (C=O) groups is 1. The fourth-order valence-corrected chi connectivity index (χ4v) is 2.52. The van der Waals surface area contributed by atoms with Crippen molar-refractivity contribution in [2.24, 2.45) is 0 Å². The molecule has 0 radical (unpaired) electrons. The van der Waals surface area contributed by atoms with Crippen molar-refractivity contribution < 1.29 is 9.53 Å². The molecule has 0 aromatic carbocycles. The van der Waals surface area contributed by atoms with Gasteiger partial charge in [-0.3, -0.25) is 14.7 Å². The van der Waals surface area contributed by atoms with Crippen molar-refractivity contribution in [1.29, 1.82) is 0 Å². The molecule has 1 fully saturated rings. The number of esters is 1. The summed E-state index contributed by atoms with van der Waals surface area (Å²) in [5.41, 5.74) is 2.31. The number of piperidine rings is 1. The molecule has 2 rings (SSSR count). The second-order valence-electron chi connectivity index (χ2n) is 4.88. The van der Waals surface area contributed by atoms with Crippen LogP contribution in [0.2, 0.25) is 0 Å².